The number of pyridine rings is 1. The molecular weight excluding hydrogens is 366 g/mol. The van der Waals surface area contributed by atoms with Crippen molar-refractivity contribution in [2.75, 3.05) is 31.1 Å². The Morgan fingerprint density at radius 1 is 1.08 bits per heavy atom. The molecule has 2 unspecified atom stereocenters. The van der Waals surface area contributed by atoms with E-state index < -0.39 is 0 Å². The Balaban J connectivity index is 1.57. The Hall–Kier alpha value is -1.17. The third-order valence-corrected chi connectivity index (χ3v) is 6.12. The minimum absolute atomic E-state index is 0.286. The summed E-state index contributed by atoms with van der Waals surface area (Å²) >= 11 is 3.63. The number of anilines is 1. The fourth-order valence-electron chi connectivity index (χ4n) is 4.20. The van der Waals surface area contributed by atoms with Gasteiger partial charge in [0.25, 0.3) is 0 Å². The molecule has 1 aromatic heterocycles. The van der Waals surface area contributed by atoms with Crippen molar-refractivity contribution in [2.24, 2.45) is 0 Å². The van der Waals surface area contributed by atoms with E-state index in [-0.39, 0.29) is 6.61 Å². The first-order valence-electron chi connectivity index (χ1n) is 8.93. The molecule has 2 aromatic rings. The van der Waals surface area contributed by atoms with Gasteiger partial charge in [0, 0.05) is 35.0 Å². The van der Waals surface area contributed by atoms with Gasteiger partial charge >= 0.3 is 0 Å². The van der Waals surface area contributed by atoms with E-state index in [1.807, 2.05) is 0 Å². The number of aromatic nitrogens is 1. The van der Waals surface area contributed by atoms with Crippen LogP contribution in [0.2, 0.25) is 0 Å². The van der Waals surface area contributed by atoms with E-state index in [2.05, 4.69) is 56.1 Å². The molecule has 2 atom stereocenters. The Labute approximate surface area is 151 Å². The summed E-state index contributed by atoms with van der Waals surface area (Å²) in [7, 11) is 0. The van der Waals surface area contributed by atoms with E-state index in [0.717, 1.165) is 41.9 Å². The lowest BCUT2D eigenvalue weighted by Gasteiger charge is -2.32. The van der Waals surface area contributed by atoms with Gasteiger partial charge in [0.2, 0.25) is 0 Å². The molecular formula is C19H24BrN3O. The van der Waals surface area contributed by atoms with Crippen LogP contribution in [0.4, 0.5) is 5.82 Å². The maximum atomic E-state index is 9.57. The van der Waals surface area contributed by atoms with Gasteiger partial charge in [-0.05, 0) is 66.4 Å². The van der Waals surface area contributed by atoms with Gasteiger partial charge in [-0.1, -0.05) is 12.1 Å². The molecule has 0 bridgehead atoms. The monoisotopic (exact) mass is 389 g/mol. The zero-order valence-corrected chi connectivity index (χ0v) is 15.5. The first kappa shape index (κ1) is 16.3. The highest BCUT2D eigenvalue weighted by Crippen LogP contribution is 2.30. The Morgan fingerprint density at radius 2 is 1.92 bits per heavy atom. The molecule has 3 heterocycles. The van der Waals surface area contributed by atoms with Crippen LogP contribution >= 0.6 is 15.9 Å². The van der Waals surface area contributed by atoms with Crippen LogP contribution < -0.4 is 4.90 Å². The zero-order valence-electron chi connectivity index (χ0n) is 13.9. The normalized spacial score (nSPS) is 25.0. The molecule has 2 aliphatic heterocycles. The lowest BCUT2D eigenvalue weighted by Crippen LogP contribution is -2.43. The van der Waals surface area contributed by atoms with E-state index in [0.29, 0.717) is 12.1 Å². The smallest absolute Gasteiger partial charge is 0.129 e. The van der Waals surface area contributed by atoms with Crippen molar-refractivity contribution < 1.29 is 5.11 Å². The quantitative estimate of drug-likeness (QED) is 0.869. The molecule has 0 saturated carbocycles. The summed E-state index contributed by atoms with van der Waals surface area (Å²) in [4.78, 5) is 9.87. The van der Waals surface area contributed by atoms with E-state index in [1.165, 1.54) is 24.6 Å². The van der Waals surface area contributed by atoms with Crippen LogP contribution in [0, 0.1) is 0 Å². The number of likely N-dealkylation sites (tertiary alicyclic amines) is 1. The third-order valence-electron chi connectivity index (χ3n) is 5.48. The summed E-state index contributed by atoms with van der Waals surface area (Å²) in [5.41, 5.74) is 1.04. The number of aliphatic hydroxyl groups excluding tert-OH is 1. The average Bonchev–Trinajstić information content (AvgIpc) is 3.24. The minimum atomic E-state index is 0.286. The first-order chi connectivity index (χ1) is 11.8. The molecule has 2 fully saturated rings. The van der Waals surface area contributed by atoms with Crippen molar-refractivity contribution >= 4 is 32.7 Å². The summed E-state index contributed by atoms with van der Waals surface area (Å²) < 4.78 is 1.05. The van der Waals surface area contributed by atoms with Crippen molar-refractivity contribution in [1.82, 2.24) is 9.88 Å². The van der Waals surface area contributed by atoms with E-state index >= 15 is 0 Å². The topological polar surface area (TPSA) is 39.6 Å². The Kier molecular flexibility index (Phi) is 4.74. The zero-order chi connectivity index (χ0) is 16.5. The largest absolute Gasteiger partial charge is 0.395 e. The molecule has 128 valence electrons. The summed E-state index contributed by atoms with van der Waals surface area (Å²) in [5, 5.41) is 10.7. The molecule has 4 rings (SSSR count). The number of para-hydroxylation sites is 1. The van der Waals surface area contributed by atoms with Gasteiger partial charge in [-0.2, -0.15) is 0 Å². The molecule has 0 spiro atoms. The van der Waals surface area contributed by atoms with Crippen LogP contribution in [0.25, 0.3) is 10.9 Å². The highest BCUT2D eigenvalue weighted by atomic mass is 79.9. The lowest BCUT2D eigenvalue weighted by atomic mass is 10.1. The highest BCUT2D eigenvalue weighted by Gasteiger charge is 2.31. The van der Waals surface area contributed by atoms with Crippen molar-refractivity contribution in [2.45, 2.75) is 37.8 Å². The van der Waals surface area contributed by atoms with Crippen LogP contribution in [0.3, 0.4) is 0 Å². The second kappa shape index (κ2) is 6.98. The van der Waals surface area contributed by atoms with Crippen LogP contribution in [0.15, 0.2) is 34.8 Å². The standard InChI is InChI=1S/C19H24BrN3O/c20-17-7-1-4-14-8-9-18(21-19(14)17)23-11-3-5-15(23)12-22-10-2-6-16(22)13-24/h1,4,7-9,15-16,24H,2-3,5-6,10-13H2. The fourth-order valence-corrected chi connectivity index (χ4v) is 4.67. The minimum Gasteiger partial charge on any atom is -0.395 e. The third kappa shape index (κ3) is 3.05. The predicted molar refractivity (Wildman–Crippen MR) is 101 cm³/mol. The van der Waals surface area contributed by atoms with Crippen LogP contribution in [0.1, 0.15) is 25.7 Å². The van der Waals surface area contributed by atoms with Gasteiger partial charge in [-0.25, -0.2) is 4.98 Å². The molecule has 1 aromatic carbocycles. The number of nitrogens with zero attached hydrogens (tertiary/aromatic N) is 3. The van der Waals surface area contributed by atoms with Crippen molar-refractivity contribution in [3.05, 3.63) is 34.8 Å². The summed E-state index contributed by atoms with van der Waals surface area (Å²) in [6.07, 6.45) is 4.77. The molecule has 1 N–H and O–H groups in total. The maximum Gasteiger partial charge on any atom is 0.129 e. The molecule has 0 amide bonds. The van der Waals surface area contributed by atoms with Crippen LogP contribution in [-0.4, -0.2) is 53.3 Å². The highest BCUT2D eigenvalue weighted by molar-refractivity contribution is 9.10. The van der Waals surface area contributed by atoms with Crippen molar-refractivity contribution in [3.8, 4) is 0 Å². The maximum absolute atomic E-state index is 9.57. The number of hydrogen-bond acceptors (Lipinski definition) is 4. The van der Waals surface area contributed by atoms with Crippen molar-refractivity contribution in [3.63, 3.8) is 0 Å². The molecule has 2 saturated heterocycles. The lowest BCUT2D eigenvalue weighted by molar-refractivity contribution is 0.153. The molecule has 0 aliphatic carbocycles. The van der Waals surface area contributed by atoms with Gasteiger partial charge in [-0.15, -0.1) is 0 Å². The summed E-state index contributed by atoms with van der Waals surface area (Å²) in [5.74, 6) is 1.08. The Morgan fingerprint density at radius 3 is 2.79 bits per heavy atom. The Bertz CT molecular complexity index is 723. The van der Waals surface area contributed by atoms with E-state index in [4.69, 9.17) is 4.98 Å². The van der Waals surface area contributed by atoms with Crippen LogP contribution in [-0.2, 0) is 0 Å². The van der Waals surface area contributed by atoms with Gasteiger partial charge in [0.05, 0.1) is 12.1 Å². The fraction of sp³-hybridized carbons (Fsp3) is 0.526. The van der Waals surface area contributed by atoms with Gasteiger partial charge < -0.3 is 10.0 Å². The summed E-state index contributed by atoms with van der Waals surface area (Å²) in [6, 6.07) is 11.4. The number of halogens is 1. The van der Waals surface area contributed by atoms with Gasteiger partial charge in [-0.3, -0.25) is 4.90 Å². The second-order valence-electron chi connectivity index (χ2n) is 6.94. The molecule has 4 nitrogen and oxygen atoms in total. The van der Waals surface area contributed by atoms with Gasteiger partial charge in [0.15, 0.2) is 0 Å². The number of benzene rings is 1. The second-order valence-corrected chi connectivity index (χ2v) is 7.80. The van der Waals surface area contributed by atoms with Crippen molar-refractivity contribution in [1.29, 1.82) is 0 Å². The van der Waals surface area contributed by atoms with Gasteiger partial charge in [0.1, 0.15) is 5.82 Å². The number of rotatable bonds is 4. The SMILES string of the molecule is OCC1CCCN1CC1CCCN1c1ccc2cccc(Br)c2n1. The molecule has 24 heavy (non-hydrogen) atoms. The number of hydrogen-bond donors (Lipinski definition) is 1. The predicted octanol–water partition coefficient (Wildman–Crippen LogP) is 3.42. The molecule has 5 heteroatoms. The van der Waals surface area contributed by atoms with Crippen LogP contribution in [0.5, 0.6) is 0 Å². The average molecular weight is 390 g/mol. The van der Waals surface area contributed by atoms with E-state index in [1.54, 1.807) is 0 Å². The summed E-state index contributed by atoms with van der Waals surface area (Å²) in [6.45, 7) is 3.52. The van der Waals surface area contributed by atoms with E-state index in [9.17, 15) is 5.11 Å². The molecule has 2 aliphatic rings. The first-order valence-corrected chi connectivity index (χ1v) is 9.72. The number of aliphatic hydroxyl groups is 1. The molecule has 0 radical (unpaired) electrons. The number of fused-ring (bicyclic) bond motifs is 1.